The molecule has 1 saturated heterocycles. The molecule has 0 atom stereocenters. The molecule has 24 heavy (non-hydrogen) atoms. The summed E-state index contributed by atoms with van der Waals surface area (Å²) < 4.78 is 10.5. The first kappa shape index (κ1) is 16.8. The first-order chi connectivity index (χ1) is 11.7. The SMILES string of the molecule is O=C(OCCN1CCOCC1)c1cnc(-c2ccccc2Cl)nc1. The molecule has 0 saturated carbocycles. The summed E-state index contributed by atoms with van der Waals surface area (Å²) in [7, 11) is 0. The predicted octanol–water partition coefficient (Wildman–Crippen LogP) is 2.29. The zero-order chi connectivity index (χ0) is 16.8. The fraction of sp³-hybridized carbons (Fsp3) is 0.353. The summed E-state index contributed by atoms with van der Waals surface area (Å²) in [5.41, 5.74) is 1.05. The first-order valence-electron chi connectivity index (χ1n) is 7.78. The van der Waals surface area contributed by atoms with Gasteiger partial charge < -0.3 is 9.47 Å². The van der Waals surface area contributed by atoms with Crippen molar-refractivity contribution in [2.45, 2.75) is 0 Å². The highest BCUT2D eigenvalue weighted by atomic mass is 35.5. The summed E-state index contributed by atoms with van der Waals surface area (Å²) in [5.74, 6) is 0.0550. The van der Waals surface area contributed by atoms with Crippen LogP contribution in [0.3, 0.4) is 0 Å². The number of rotatable bonds is 5. The largest absolute Gasteiger partial charge is 0.461 e. The zero-order valence-electron chi connectivity index (χ0n) is 13.2. The van der Waals surface area contributed by atoms with E-state index in [0.717, 1.165) is 31.9 Å². The van der Waals surface area contributed by atoms with E-state index in [1.54, 1.807) is 6.07 Å². The molecule has 1 aliphatic heterocycles. The molecule has 0 aliphatic carbocycles. The molecule has 7 heteroatoms. The molecular formula is C17H18ClN3O3. The Kier molecular flexibility index (Phi) is 5.74. The normalized spacial score (nSPS) is 15.2. The zero-order valence-corrected chi connectivity index (χ0v) is 13.9. The highest BCUT2D eigenvalue weighted by molar-refractivity contribution is 6.33. The van der Waals surface area contributed by atoms with Gasteiger partial charge in [-0.3, -0.25) is 4.90 Å². The fourth-order valence-corrected chi connectivity index (χ4v) is 2.61. The van der Waals surface area contributed by atoms with Gasteiger partial charge in [0.05, 0.1) is 23.8 Å². The van der Waals surface area contributed by atoms with Crippen molar-refractivity contribution in [2.75, 3.05) is 39.5 Å². The van der Waals surface area contributed by atoms with E-state index >= 15 is 0 Å². The maximum absolute atomic E-state index is 12.0. The molecule has 1 fully saturated rings. The van der Waals surface area contributed by atoms with Gasteiger partial charge in [0.2, 0.25) is 0 Å². The van der Waals surface area contributed by atoms with Crippen LogP contribution in [0.2, 0.25) is 5.02 Å². The average Bonchev–Trinajstić information content (AvgIpc) is 2.63. The fourth-order valence-electron chi connectivity index (χ4n) is 2.39. The van der Waals surface area contributed by atoms with Crippen molar-refractivity contribution in [3.63, 3.8) is 0 Å². The van der Waals surface area contributed by atoms with Crippen molar-refractivity contribution in [3.05, 3.63) is 47.2 Å². The van der Waals surface area contributed by atoms with E-state index in [1.807, 2.05) is 18.2 Å². The van der Waals surface area contributed by atoms with E-state index in [2.05, 4.69) is 14.9 Å². The van der Waals surface area contributed by atoms with Crippen LogP contribution >= 0.6 is 11.6 Å². The van der Waals surface area contributed by atoms with Gasteiger partial charge in [-0.15, -0.1) is 0 Å². The Morgan fingerprint density at radius 3 is 2.62 bits per heavy atom. The Bertz CT molecular complexity index is 688. The molecule has 1 aromatic carbocycles. The number of carbonyl (C=O) groups excluding carboxylic acids is 1. The lowest BCUT2D eigenvalue weighted by molar-refractivity contribution is 0.0195. The average molecular weight is 348 g/mol. The van der Waals surface area contributed by atoms with Gasteiger partial charge in [-0.25, -0.2) is 14.8 Å². The van der Waals surface area contributed by atoms with E-state index in [-0.39, 0.29) is 0 Å². The van der Waals surface area contributed by atoms with Crippen LogP contribution < -0.4 is 0 Å². The van der Waals surface area contributed by atoms with Crippen molar-refractivity contribution in [1.29, 1.82) is 0 Å². The van der Waals surface area contributed by atoms with Crippen molar-refractivity contribution in [1.82, 2.24) is 14.9 Å². The lowest BCUT2D eigenvalue weighted by Gasteiger charge is -2.26. The van der Waals surface area contributed by atoms with E-state index in [0.29, 0.717) is 29.6 Å². The molecule has 0 bridgehead atoms. The van der Waals surface area contributed by atoms with Gasteiger partial charge in [-0.2, -0.15) is 0 Å². The van der Waals surface area contributed by atoms with Crippen LogP contribution in [-0.4, -0.2) is 60.3 Å². The lowest BCUT2D eigenvalue weighted by Crippen LogP contribution is -2.38. The number of nitrogens with zero attached hydrogens (tertiary/aromatic N) is 3. The van der Waals surface area contributed by atoms with Gasteiger partial charge in [-0.05, 0) is 12.1 Å². The Morgan fingerprint density at radius 1 is 1.21 bits per heavy atom. The molecule has 0 amide bonds. The Hall–Kier alpha value is -2.02. The van der Waals surface area contributed by atoms with E-state index in [4.69, 9.17) is 21.1 Å². The minimum atomic E-state index is -0.422. The van der Waals surface area contributed by atoms with Gasteiger partial charge in [0.15, 0.2) is 5.82 Å². The van der Waals surface area contributed by atoms with Crippen LogP contribution in [0.1, 0.15) is 10.4 Å². The van der Waals surface area contributed by atoms with Gasteiger partial charge in [-0.1, -0.05) is 23.7 Å². The minimum absolute atomic E-state index is 0.327. The molecule has 2 aromatic rings. The van der Waals surface area contributed by atoms with Gasteiger partial charge in [0.1, 0.15) is 6.61 Å². The Balaban J connectivity index is 1.55. The number of ether oxygens (including phenoxy) is 2. The standard InChI is InChI=1S/C17H18ClN3O3/c18-15-4-2-1-3-14(15)16-19-11-13(12-20-16)17(22)24-10-7-21-5-8-23-9-6-21/h1-4,11-12H,5-10H2. The number of morpholine rings is 1. The third kappa shape index (κ3) is 4.29. The molecule has 0 spiro atoms. The number of esters is 1. The van der Waals surface area contributed by atoms with Crippen LogP contribution in [0.5, 0.6) is 0 Å². The summed E-state index contributed by atoms with van der Waals surface area (Å²) in [4.78, 5) is 22.6. The summed E-state index contributed by atoms with van der Waals surface area (Å²) in [5, 5.41) is 0.568. The summed E-state index contributed by atoms with van der Waals surface area (Å²) in [6.45, 7) is 4.23. The molecule has 1 aromatic heterocycles. The summed E-state index contributed by atoms with van der Waals surface area (Å²) in [6, 6.07) is 7.30. The first-order valence-corrected chi connectivity index (χ1v) is 8.16. The van der Waals surface area contributed by atoms with Crippen molar-refractivity contribution in [3.8, 4) is 11.4 Å². The van der Waals surface area contributed by atoms with Crippen molar-refractivity contribution in [2.24, 2.45) is 0 Å². The number of halogens is 1. The maximum atomic E-state index is 12.0. The second-order valence-electron chi connectivity index (χ2n) is 5.37. The van der Waals surface area contributed by atoms with Gasteiger partial charge >= 0.3 is 5.97 Å². The smallest absolute Gasteiger partial charge is 0.341 e. The Labute approximate surface area is 145 Å². The molecule has 3 rings (SSSR count). The molecular weight excluding hydrogens is 330 g/mol. The van der Waals surface area contributed by atoms with Crippen molar-refractivity contribution < 1.29 is 14.3 Å². The minimum Gasteiger partial charge on any atom is -0.461 e. The Morgan fingerprint density at radius 2 is 1.92 bits per heavy atom. The van der Waals surface area contributed by atoms with E-state index < -0.39 is 5.97 Å². The molecule has 0 radical (unpaired) electrons. The van der Waals surface area contributed by atoms with Crippen molar-refractivity contribution >= 4 is 17.6 Å². The van der Waals surface area contributed by atoms with Crippen LogP contribution in [0.25, 0.3) is 11.4 Å². The third-order valence-electron chi connectivity index (χ3n) is 3.75. The van der Waals surface area contributed by atoms with E-state index in [1.165, 1.54) is 12.4 Å². The molecule has 126 valence electrons. The maximum Gasteiger partial charge on any atom is 0.341 e. The highest BCUT2D eigenvalue weighted by Crippen LogP contribution is 2.24. The van der Waals surface area contributed by atoms with Gasteiger partial charge in [0.25, 0.3) is 0 Å². The molecule has 6 nitrogen and oxygen atoms in total. The van der Waals surface area contributed by atoms with Crippen LogP contribution in [0.4, 0.5) is 0 Å². The number of benzene rings is 1. The predicted molar refractivity (Wildman–Crippen MR) is 90.0 cm³/mol. The topological polar surface area (TPSA) is 64.5 Å². The molecule has 0 unspecified atom stereocenters. The number of hydrogen-bond donors (Lipinski definition) is 0. The second-order valence-corrected chi connectivity index (χ2v) is 5.77. The monoisotopic (exact) mass is 347 g/mol. The highest BCUT2D eigenvalue weighted by Gasteiger charge is 2.13. The summed E-state index contributed by atoms with van der Waals surface area (Å²) in [6.07, 6.45) is 2.92. The lowest BCUT2D eigenvalue weighted by atomic mass is 10.2. The van der Waals surface area contributed by atoms with E-state index in [9.17, 15) is 4.79 Å². The molecule has 2 heterocycles. The molecule has 1 aliphatic rings. The van der Waals surface area contributed by atoms with Gasteiger partial charge in [0, 0.05) is 37.6 Å². The molecule has 0 N–H and O–H groups in total. The number of aromatic nitrogens is 2. The summed E-state index contributed by atoms with van der Waals surface area (Å²) >= 11 is 6.12. The quantitative estimate of drug-likeness (QED) is 0.773. The van der Waals surface area contributed by atoms with Crippen LogP contribution in [0, 0.1) is 0 Å². The third-order valence-corrected chi connectivity index (χ3v) is 4.08. The second kappa shape index (κ2) is 8.19. The number of carbonyl (C=O) groups is 1. The van der Waals surface area contributed by atoms with Crippen LogP contribution in [0.15, 0.2) is 36.7 Å². The number of hydrogen-bond acceptors (Lipinski definition) is 6. The van der Waals surface area contributed by atoms with Crippen LogP contribution in [-0.2, 0) is 9.47 Å².